The summed E-state index contributed by atoms with van der Waals surface area (Å²) in [5.74, 6) is 10.9. The molecule has 0 spiro atoms. The first-order valence-corrected chi connectivity index (χ1v) is 7.88. The Balaban J connectivity index is 1.33. The molecule has 0 radical (unpaired) electrons. The Morgan fingerprint density at radius 2 is 1.56 bits per heavy atom. The highest BCUT2D eigenvalue weighted by atomic mass is 14.7. The number of rotatable bonds is 2. The van der Waals surface area contributed by atoms with E-state index >= 15 is 0 Å². The minimum Gasteiger partial charge on any atom is -0.0651 e. The Bertz CT molecular complexity index is 333. The molecule has 9 atom stereocenters. The van der Waals surface area contributed by atoms with Gasteiger partial charge in [-0.25, -0.2) is 0 Å². The molecule has 0 aromatic rings. The lowest BCUT2D eigenvalue weighted by Gasteiger charge is -2.61. The van der Waals surface area contributed by atoms with Crippen molar-refractivity contribution in [1.29, 1.82) is 0 Å². The summed E-state index contributed by atoms with van der Waals surface area (Å²) in [6.07, 6.45) is 9.63. The highest BCUT2D eigenvalue weighted by molar-refractivity contribution is 5.16. The molecule has 0 saturated heterocycles. The van der Waals surface area contributed by atoms with E-state index in [1.54, 1.807) is 32.1 Å². The first-order valence-electron chi connectivity index (χ1n) is 7.88. The largest absolute Gasteiger partial charge is 0.0651 e. The Morgan fingerprint density at radius 3 is 2.19 bits per heavy atom. The Labute approximate surface area is 99.2 Å². The highest BCUT2D eigenvalue weighted by Crippen LogP contribution is 2.75. The van der Waals surface area contributed by atoms with Crippen molar-refractivity contribution in [2.24, 2.45) is 53.3 Å². The van der Waals surface area contributed by atoms with Gasteiger partial charge in [0.25, 0.3) is 0 Å². The molecule has 0 heteroatoms. The Hall–Kier alpha value is 0. The van der Waals surface area contributed by atoms with Crippen molar-refractivity contribution in [2.45, 2.75) is 45.4 Å². The highest BCUT2D eigenvalue weighted by Gasteiger charge is 2.68. The van der Waals surface area contributed by atoms with Crippen molar-refractivity contribution in [1.82, 2.24) is 0 Å². The van der Waals surface area contributed by atoms with Gasteiger partial charge in [-0.2, -0.15) is 0 Å². The van der Waals surface area contributed by atoms with Crippen molar-refractivity contribution in [3.63, 3.8) is 0 Å². The molecule has 16 heavy (non-hydrogen) atoms. The molecule has 0 aromatic carbocycles. The number of hydrogen-bond donors (Lipinski definition) is 0. The second kappa shape index (κ2) is 2.70. The SMILES string of the molecule is CCC1C2CC3CC(C4CC5CCC54)C3C12. The van der Waals surface area contributed by atoms with E-state index in [0.717, 1.165) is 0 Å². The lowest BCUT2D eigenvalue weighted by molar-refractivity contribution is -0.121. The van der Waals surface area contributed by atoms with Gasteiger partial charge in [0.15, 0.2) is 0 Å². The van der Waals surface area contributed by atoms with E-state index < -0.39 is 0 Å². The van der Waals surface area contributed by atoms with Crippen molar-refractivity contribution >= 4 is 0 Å². The summed E-state index contributed by atoms with van der Waals surface area (Å²) in [7, 11) is 0. The van der Waals surface area contributed by atoms with Gasteiger partial charge < -0.3 is 0 Å². The summed E-state index contributed by atoms with van der Waals surface area (Å²) >= 11 is 0. The fourth-order valence-corrected chi connectivity index (χ4v) is 6.70. The molecule has 5 aliphatic carbocycles. The van der Waals surface area contributed by atoms with Crippen molar-refractivity contribution in [3.05, 3.63) is 0 Å². The molecule has 0 aromatic heterocycles. The maximum Gasteiger partial charge on any atom is -0.0318 e. The summed E-state index contributed by atoms with van der Waals surface area (Å²) in [4.78, 5) is 0. The van der Waals surface area contributed by atoms with Gasteiger partial charge in [-0.1, -0.05) is 13.3 Å². The molecule has 5 saturated carbocycles. The maximum atomic E-state index is 2.43. The number of fused-ring (bicyclic) bond motifs is 4. The van der Waals surface area contributed by atoms with Crippen molar-refractivity contribution in [3.8, 4) is 0 Å². The van der Waals surface area contributed by atoms with E-state index in [2.05, 4.69) is 6.92 Å². The molecule has 5 fully saturated rings. The maximum absolute atomic E-state index is 2.43. The van der Waals surface area contributed by atoms with E-state index in [0.29, 0.717) is 0 Å². The van der Waals surface area contributed by atoms with E-state index in [-0.39, 0.29) is 0 Å². The Kier molecular flexibility index (Phi) is 1.52. The monoisotopic (exact) mass is 216 g/mol. The van der Waals surface area contributed by atoms with Crippen LogP contribution < -0.4 is 0 Å². The van der Waals surface area contributed by atoms with Crippen LogP contribution in [-0.4, -0.2) is 0 Å². The fraction of sp³-hybridized carbons (Fsp3) is 1.00. The standard InChI is InChI=1S/C16H24/c1-2-10-13-6-9-7-14(15(9)16(10)13)12-5-8-3-4-11(8)12/h8-16H,2-7H2,1H3. The normalized spacial score (nSPS) is 69.2. The summed E-state index contributed by atoms with van der Waals surface area (Å²) in [6, 6.07) is 0. The quantitative estimate of drug-likeness (QED) is 0.655. The van der Waals surface area contributed by atoms with E-state index in [4.69, 9.17) is 0 Å². The second-order valence-electron chi connectivity index (χ2n) is 7.69. The first kappa shape index (κ1) is 9.00. The van der Waals surface area contributed by atoms with Gasteiger partial charge in [0.2, 0.25) is 0 Å². The van der Waals surface area contributed by atoms with E-state index in [1.807, 2.05) is 0 Å². The molecule has 0 bridgehead atoms. The van der Waals surface area contributed by atoms with Gasteiger partial charge in [0, 0.05) is 0 Å². The minimum atomic E-state index is 1.18. The van der Waals surface area contributed by atoms with Crippen LogP contribution in [0.4, 0.5) is 0 Å². The van der Waals surface area contributed by atoms with Gasteiger partial charge >= 0.3 is 0 Å². The summed E-state index contributed by atoms with van der Waals surface area (Å²) < 4.78 is 0. The topological polar surface area (TPSA) is 0 Å². The van der Waals surface area contributed by atoms with Crippen LogP contribution in [0.1, 0.15) is 45.4 Å². The smallest absolute Gasteiger partial charge is 0.0318 e. The average Bonchev–Trinajstić information content (AvgIpc) is 2.81. The van der Waals surface area contributed by atoms with Crippen molar-refractivity contribution < 1.29 is 0 Å². The van der Waals surface area contributed by atoms with Gasteiger partial charge in [0.1, 0.15) is 0 Å². The van der Waals surface area contributed by atoms with Crippen LogP contribution in [0.25, 0.3) is 0 Å². The predicted octanol–water partition coefficient (Wildman–Crippen LogP) is 3.96. The number of hydrogen-bond acceptors (Lipinski definition) is 0. The van der Waals surface area contributed by atoms with Crippen molar-refractivity contribution in [2.75, 3.05) is 0 Å². The molecule has 0 nitrogen and oxygen atoms in total. The van der Waals surface area contributed by atoms with Gasteiger partial charge in [-0.05, 0) is 85.4 Å². The van der Waals surface area contributed by atoms with Crippen LogP contribution in [0.5, 0.6) is 0 Å². The summed E-state index contributed by atoms with van der Waals surface area (Å²) in [5, 5.41) is 0. The molecule has 0 aliphatic heterocycles. The van der Waals surface area contributed by atoms with E-state index in [1.165, 1.54) is 59.7 Å². The lowest BCUT2D eigenvalue weighted by Crippen LogP contribution is -2.54. The molecule has 5 aliphatic rings. The average molecular weight is 216 g/mol. The van der Waals surface area contributed by atoms with Crippen LogP contribution in [0.2, 0.25) is 0 Å². The van der Waals surface area contributed by atoms with E-state index in [9.17, 15) is 0 Å². The zero-order chi connectivity index (χ0) is 10.4. The second-order valence-corrected chi connectivity index (χ2v) is 7.69. The zero-order valence-corrected chi connectivity index (χ0v) is 10.4. The molecule has 0 heterocycles. The molecule has 5 rings (SSSR count). The molecule has 9 unspecified atom stereocenters. The fourth-order valence-electron chi connectivity index (χ4n) is 6.70. The van der Waals surface area contributed by atoms with Gasteiger partial charge in [-0.3, -0.25) is 0 Å². The molecule has 0 N–H and O–H groups in total. The predicted molar refractivity (Wildman–Crippen MR) is 64.8 cm³/mol. The molecule has 88 valence electrons. The third-order valence-electron chi connectivity index (χ3n) is 7.65. The molecular formula is C16H24. The molecule has 0 amide bonds. The van der Waals surface area contributed by atoms with Crippen LogP contribution in [0.3, 0.4) is 0 Å². The van der Waals surface area contributed by atoms with Crippen LogP contribution in [0, 0.1) is 53.3 Å². The van der Waals surface area contributed by atoms with Crippen LogP contribution in [-0.2, 0) is 0 Å². The first-order chi connectivity index (χ1) is 7.88. The lowest BCUT2D eigenvalue weighted by atomic mass is 9.44. The summed E-state index contributed by atoms with van der Waals surface area (Å²) in [5.41, 5.74) is 0. The Morgan fingerprint density at radius 1 is 0.750 bits per heavy atom. The minimum absolute atomic E-state index is 1.18. The third-order valence-corrected chi connectivity index (χ3v) is 7.65. The van der Waals surface area contributed by atoms with Crippen LogP contribution >= 0.6 is 0 Å². The van der Waals surface area contributed by atoms with Gasteiger partial charge in [0.05, 0.1) is 0 Å². The third kappa shape index (κ3) is 0.842. The summed E-state index contributed by atoms with van der Waals surface area (Å²) in [6.45, 7) is 2.43. The zero-order valence-electron chi connectivity index (χ0n) is 10.4. The molecular weight excluding hydrogens is 192 g/mol. The van der Waals surface area contributed by atoms with Gasteiger partial charge in [-0.15, -0.1) is 0 Å². The van der Waals surface area contributed by atoms with Crippen LogP contribution in [0.15, 0.2) is 0 Å².